The van der Waals surface area contributed by atoms with E-state index < -0.39 is 0 Å². The van der Waals surface area contributed by atoms with E-state index in [4.69, 9.17) is 0 Å². The van der Waals surface area contributed by atoms with Crippen LogP contribution in [-0.4, -0.2) is 15.0 Å². The summed E-state index contributed by atoms with van der Waals surface area (Å²) in [5.74, 6) is 0.594. The third-order valence-corrected chi connectivity index (χ3v) is 3.68. The maximum Gasteiger partial charge on any atom is 0.113 e. The van der Waals surface area contributed by atoms with Crippen molar-refractivity contribution in [3.8, 4) is 0 Å². The first-order valence-electron chi connectivity index (χ1n) is 6.28. The Hall–Kier alpha value is -2.16. The maximum atomic E-state index is 4.30. The van der Waals surface area contributed by atoms with Crippen molar-refractivity contribution in [1.29, 1.82) is 0 Å². The van der Waals surface area contributed by atoms with Gasteiger partial charge in [0.2, 0.25) is 0 Å². The van der Waals surface area contributed by atoms with E-state index in [1.165, 1.54) is 5.56 Å². The molecule has 1 fully saturated rings. The number of fused-ring (bicyclic) bond motifs is 1. The van der Waals surface area contributed by atoms with Gasteiger partial charge in [0, 0.05) is 5.92 Å². The van der Waals surface area contributed by atoms with Gasteiger partial charge < -0.3 is 0 Å². The molecule has 0 bridgehead atoms. The zero-order valence-electron chi connectivity index (χ0n) is 9.90. The third kappa shape index (κ3) is 1.44. The standard InChI is InChI=1S/C15H13N3/c1-2-6-11(7-3-1)12-10-15(12)18-14-9-5-4-8-13(14)16-17-18/h1-9,12,15H,10H2. The van der Waals surface area contributed by atoms with E-state index in [2.05, 4.69) is 51.4 Å². The molecule has 0 radical (unpaired) electrons. The molecule has 3 heteroatoms. The smallest absolute Gasteiger partial charge is 0.113 e. The molecular formula is C15H13N3. The predicted octanol–water partition coefficient (Wildman–Crippen LogP) is 3.16. The monoisotopic (exact) mass is 235 g/mol. The fourth-order valence-electron chi connectivity index (χ4n) is 2.64. The first-order valence-corrected chi connectivity index (χ1v) is 6.28. The normalized spacial score (nSPS) is 22.2. The molecule has 1 aromatic heterocycles. The summed E-state index contributed by atoms with van der Waals surface area (Å²) in [6, 6.07) is 19.3. The Morgan fingerprint density at radius 1 is 0.944 bits per heavy atom. The van der Waals surface area contributed by atoms with Crippen molar-refractivity contribution >= 4 is 11.0 Å². The molecule has 0 aliphatic heterocycles. The van der Waals surface area contributed by atoms with Crippen LogP contribution in [-0.2, 0) is 0 Å². The van der Waals surface area contributed by atoms with Gasteiger partial charge in [-0.15, -0.1) is 5.10 Å². The van der Waals surface area contributed by atoms with Gasteiger partial charge in [-0.1, -0.05) is 47.7 Å². The van der Waals surface area contributed by atoms with E-state index in [9.17, 15) is 0 Å². The molecule has 4 rings (SSSR count). The van der Waals surface area contributed by atoms with Gasteiger partial charge in [-0.05, 0) is 24.1 Å². The Kier molecular flexibility index (Phi) is 2.00. The highest BCUT2D eigenvalue weighted by Crippen LogP contribution is 2.51. The molecule has 2 unspecified atom stereocenters. The second kappa shape index (κ2) is 3.67. The molecule has 0 saturated heterocycles. The third-order valence-electron chi connectivity index (χ3n) is 3.68. The van der Waals surface area contributed by atoms with Crippen LogP contribution in [0.2, 0.25) is 0 Å². The highest BCUT2D eigenvalue weighted by Gasteiger charge is 2.41. The quantitative estimate of drug-likeness (QED) is 0.683. The Labute approximate surface area is 105 Å². The van der Waals surface area contributed by atoms with E-state index >= 15 is 0 Å². The van der Waals surface area contributed by atoms with Crippen LogP contribution in [0, 0.1) is 0 Å². The van der Waals surface area contributed by atoms with Gasteiger partial charge in [0.05, 0.1) is 11.6 Å². The van der Waals surface area contributed by atoms with Gasteiger partial charge in [-0.3, -0.25) is 0 Å². The van der Waals surface area contributed by atoms with Crippen LogP contribution < -0.4 is 0 Å². The molecule has 2 atom stereocenters. The molecule has 1 aliphatic rings. The number of nitrogens with zero attached hydrogens (tertiary/aromatic N) is 3. The minimum atomic E-state index is 0.472. The number of hydrogen-bond donors (Lipinski definition) is 0. The Bertz CT molecular complexity index is 687. The molecule has 3 aromatic rings. The number of benzene rings is 2. The molecule has 0 N–H and O–H groups in total. The molecule has 88 valence electrons. The minimum absolute atomic E-state index is 0.472. The first-order chi connectivity index (χ1) is 8.93. The summed E-state index contributed by atoms with van der Waals surface area (Å²) in [6.07, 6.45) is 1.16. The van der Waals surface area contributed by atoms with Gasteiger partial charge in [0.15, 0.2) is 0 Å². The number of rotatable bonds is 2. The summed E-state index contributed by atoms with van der Waals surface area (Å²) in [5, 5.41) is 8.52. The van der Waals surface area contributed by atoms with Crippen molar-refractivity contribution in [2.45, 2.75) is 18.4 Å². The summed E-state index contributed by atoms with van der Waals surface area (Å²) in [7, 11) is 0. The maximum absolute atomic E-state index is 4.30. The fraction of sp³-hybridized carbons (Fsp3) is 0.200. The lowest BCUT2D eigenvalue weighted by molar-refractivity contribution is 0.615. The molecule has 1 saturated carbocycles. The van der Waals surface area contributed by atoms with Crippen LogP contribution in [0.25, 0.3) is 11.0 Å². The van der Waals surface area contributed by atoms with Crippen molar-refractivity contribution in [2.75, 3.05) is 0 Å². The summed E-state index contributed by atoms with van der Waals surface area (Å²) in [4.78, 5) is 0. The molecule has 3 nitrogen and oxygen atoms in total. The summed E-state index contributed by atoms with van der Waals surface area (Å²) in [5.41, 5.74) is 3.53. The lowest BCUT2D eigenvalue weighted by atomic mass is 10.1. The van der Waals surface area contributed by atoms with Crippen molar-refractivity contribution in [1.82, 2.24) is 15.0 Å². The number of para-hydroxylation sites is 1. The molecular weight excluding hydrogens is 222 g/mol. The van der Waals surface area contributed by atoms with E-state index in [1.807, 2.05) is 18.2 Å². The van der Waals surface area contributed by atoms with Crippen molar-refractivity contribution < 1.29 is 0 Å². The van der Waals surface area contributed by atoms with Gasteiger partial charge >= 0.3 is 0 Å². The fourth-order valence-corrected chi connectivity index (χ4v) is 2.64. The van der Waals surface area contributed by atoms with E-state index in [1.54, 1.807) is 0 Å². The lowest BCUT2D eigenvalue weighted by Gasteiger charge is -2.01. The molecule has 18 heavy (non-hydrogen) atoms. The Balaban J connectivity index is 1.70. The van der Waals surface area contributed by atoms with Crippen LogP contribution in [0.3, 0.4) is 0 Å². The van der Waals surface area contributed by atoms with Crippen molar-refractivity contribution in [3.05, 3.63) is 60.2 Å². The first kappa shape index (κ1) is 9.83. The minimum Gasteiger partial charge on any atom is -0.241 e. The molecule has 1 heterocycles. The van der Waals surface area contributed by atoms with Gasteiger partial charge in [0.25, 0.3) is 0 Å². The predicted molar refractivity (Wildman–Crippen MR) is 70.4 cm³/mol. The van der Waals surface area contributed by atoms with Crippen LogP contribution in [0.5, 0.6) is 0 Å². The summed E-state index contributed by atoms with van der Waals surface area (Å²) in [6.45, 7) is 0. The van der Waals surface area contributed by atoms with Crippen molar-refractivity contribution in [2.24, 2.45) is 0 Å². The van der Waals surface area contributed by atoms with Crippen LogP contribution in [0.4, 0.5) is 0 Å². The van der Waals surface area contributed by atoms with E-state index in [0.29, 0.717) is 12.0 Å². The van der Waals surface area contributed by atoms with Crippen LogP contribution in [0.15, 0.2) is 54.6 Å². The average molecular weight is 235 g/mol. The topological polar surface area (TPSA) is 30.7 Å². The van der Waals surface area contributed by atoms with Gasteiger partial charge in [0.1, 0.15) is 5.52 Å². The molecule has 1 aliphatic carbocycles. The summed E-state index contributed by atoms with van der Waals surface area (Å²) < 4.78 is 2.08. The number of aromatic nitrogens is 3. The number of hydrogen-bond acceptors (Lipinski definition) is 2. The molecule has 0 spiro atoms. The second-order valence-corrected chi connectivity index (χ2v) is 4.84. The highest BCUT2D eigenvalue weighted by molar-refractivity contribution is 5.74. The van der Waals surface area contributed by atoms with E-state index in [-0.39, 0.29) is 0 Å². The SMILES string of the molecule is c1ccc(C2CC2n2nnc3ccccc32)cc1. The largest absolute Gasteiger partial charge is 0.241 e. The van der Waals surface area contributed by atoms with Gasteiger partial charge in [-0.25, -0.2) is 4.68 Å². The van der Waals surface area contributed by atoms with Gasteiger partial charge in [-0.2, -0.15) is 0 Å². The van der Waals surface area contributed by atoms with Crippen LogP contribution in [0.1, 0.15) is 23.9 Å². The zero-order chi connectivity index (χ0) is 11.9. The lowest BCUT2D eigenvalue weighted by Crippen LogP contribution is -1.98. The molecule has 0 amide bonds. The highest BCUT2D eigenvalue weighted by atomic mass is 15.4. The zero-order valence-corrected chi connectivity index (χ0v) is 9.90. The second-order valence-electron chi connectivity index (χ2n) is 4.84. The summed E-state index contributed by atoms with van der Waals surface area (Å²) >= 11 is 0. The van der Waals surface area contributed by atoms with E-state index in [0.717, 1.165) is 17.5 Å². The Morgan fingerprint density at radius 3 is 2.61 bits per heavy atom. The molecule has 2 aromatic carbocycles. The average Bonchev–Trinajstić information content (AvgIpc) is 3.12. The van der Waals surface area contributed by atoms with Crippen molar-refractivity contribution in [3.63, 3.8) is 0 Å². The Morgan fingerprint density at radius 2 is 1.72 bits per heavy atom. The van der Waals surface area contributed by atoms with Crippen LogP contribution >= 0.6 is 0 Å².